The third-order valence-electron chi connectivity index (χ3n) is 8.86. The number of halogens is 4. The van der Waals surface area contributed by atoms with Crippen molar-refractivity contribution >= 4 is 40.8 Å². The second kappa shape index (κ2) is 12.8. The summed E-state index contributed by atoms with van der Waals surface area (Å²) in [5.41, 5.74) is 1.25. The number of hydrogen-bond donors (Lipinski definition) is 1. The number of aromatic nitrogens is 1. The lowest BCUT2D eigenvalue weighted by Crippen LogP contribution is -2.53. The maximum Gasteiger partial charge on any atom is 0.251 e. The number of hydrogen-bond acceptors (Lipinski definition) is 5. The van der Waals surface area contributed by atoms with Gasteiger partial charge in [-0.25, -0.2) is 18.2 Å². The lowest BCUT2D eigenvalue weighted by Gasteiger charge is -2.37. The fraction of sp³-hybridized carbons (Fsp3) is 0.382. The summed E-state index contributed by atoms with van der Waals surface area (Å²) in [6, 6.07) is 12.4. The molecule has 1 saturated heterocycles. The molecule has 0 spiro atoms. The largest absolute Gasteiger partial charge is 0.351 e. The molecule has 46 heavy (non-hydrogen) atoms. The number of nitrogens with zero attached hydrogens (tertiary/aromatic N) is 4. The summed E-state index contributed by atoms with van der Waals surface area (Å²) >= 11 is 6.65. The van der Waals surface area contributed by atoms with Gasteiger partial charge in [-0.1, -0.05) is 29.8 Å². The second-order valence-corrected chi connectivity index (χ2v) is 12.5. The fourth-order valence-corrected chi connectivity index (χ4v) is 6.57. The van der Waals surface area contributed by atoms with Crippen molar-refractivity contribution in [2.24, 2.45) is 0 Å². The standard InChI is InChI=1S/C34H31ClF3N5O3/c35-27-4-2-1-3-26(27)31(32(45)41-24-9-12-34(37,38)13-10-24)42(25-17-22(21-5-6-21)16-23(36)18-25)33(46)28-7-8-30(44)43(28)29-15-20(19-39)11-14-40-29/h1-4,11,14-18,21,24,28,31H,5-10,12-13H2,(H,41,45)/t28-,31-/m0/s1. The number of nitrogens with one attached hydrogen (secondary N) is 1. The molecule has 8 nitrogen and oxygen atoms in total. The third-order valence-corrected chi connectivity index (χ3v) is 9.20. The highest BCUT2D eigenvalue weighted by Crippen LogP contribution is 2.43. The number of anilines is 2. The highest BCUT2D eigenvalue weighted by molar-refractivity contribution is 6.31. The van der Waals surface area contributed by atoms with Crippen molar-refractivity contribution in [3.05, 3.63) is 88.3 Å². The van der Waals surface area contributed by atoms with Gasteiger partial charge in [-0.2, -0.15) is 5.26 Å². The van der Waals surface area contributed by atoms with Crippen LogP contribution in [0.1, 0.15) is 80.0 Å². The van der Waals surface area contributed by atoms with E-state index in [4.69, 9.17) is 11.6 Å². The second-order valence-electron chi connectivity index (χ2n) is 12.1. The van der Waals surface area contributed by atoms with Gasteiger partial charge >= 0.3 is 0 Å². The van der Waals surface area contributed by atoms with Crippen molar-refractivity contribution in [1.82, 2.24) is 10.3 Å². The summed E-state index contributed by atoms with van der Waals surface area (Å²) in [5, 5.41) is 12.5. The summed E-state index contributed by atoms with van der Waals surface area (Å²) in [7, 11) is 0. The molecule has 1 aliphatic heterocycles. The smallest absolute Gasteiger partial charge is 0.251 e. The Bertz CT molecular complexity index is 1720. The van der Waals surface area contributed by atoms with Gasteiger partial charge in [0.15, 0.2) is 0 Å². The Kier molecular flexibility index (Phi) is 8.75. The van der Waals surface area contributed by atoms with Crippen LogP contribution in [-0.2, 0) is 14.4 Å². The highest BCUT2D eigenvalue weighted by Gasteiger charge is 2.45. The molecule has 6 rings (SSSR count). The minimum atomic E-state index is -2.82. The first-order valence-electron chi connectivity index (χ1n) is 15.3. The lowest BCUT2D eigenvalue weighted by molar-refractivity contribution is -0.128. The van der Waals surface area contributed by atoms with Crippen molar-refractivity contribution < 1.29 is 27.6 Å². The predicted molar refractivity (Wildman–Crippen MR) is 165 cm³/mol. The van der Waals surface area contributed by atoms with Crippen LogP contribution in [0.4, 0.5) is 24.7 Å². The Hall–Kier alpha value is -4.43. The zero-order chi connectivity index (χ0) is 32.6. The minimum Gasteiger partial charge on any atom is -0.351 e. The van der Waals surface area contributed by atoms with Crippen molar-refractivity contribution in [3.63, 3.8) is 0 Å². The molecule has 1 aromatic heterocycles. The Balaban J connectivity index is 1.46. The normalized spacial score (nSPS) is 20.2. The minimum absolute atomic E-state index is 0.00156. The van der Waals surface area contributed by atoms with Crippen molar-refractivity contribution in [2.75, 3.05) is 9.80 Å². The number of rotatable bonds is 8. The first-order valence-corrected chi connectivity index (χ1v) is 15.7. The van der Waals surface area contributed by atoms with Gasteiger partial charge in [-0.05, 0) is 80.0 Å². The molecule has 2 saturated carbocycles. The van der Waals surface area contributed by atoms with Crippen molar-refractivity contribution in [1.29, 1.82) is 5.26 Å². The number of carbonyl (C=O) groups is 3. The fourth-order valence-electron chi connectivity index (χ4n) is 6.34. The maximum atomic E-state index is 15.3. The van der Waals surface area contributed by atoms with Crippen molar-refractivity contribution in [3.8, 4) is 6.07 Å². The van der Waals surface area contributed by atoms with E-state index in [0.717, 1.165) is 18.9 Å². The van der Waals surface area contributed by atoms with Gasteiger partial charge in [0, 0.05) is 47.8 Å². The Morgan fingerprint density at radius 2 is 1.80 bits per heavy atom. The summed E-state index contributed by atoms with van der Waals surface area (Å²) in [4.78, 5) is 49.0. The van der Waals surface area contributed by atoms with E-state index in [1.165, 1.54) is 34.2 Å². The van der Waals surface area contributed by atoms with Gasteiger partial charge in [-0.15, -0.1) is 0 Å². The van der Waals surface area contributed by atoms with Crippen LogP contribution in [0, 0.1) is 17.1 Å². The Morgan fingerprint density at radius 1 is 1.07 bits per heavy atom. The van der Waals surface area contributed by atoms with E-state index in [9.17, 15) is 28.4 Å². The molecular weight excluding hydrogens is 619 g/mol. The molecule has 0 radical (unpaired) electrons. The number of amides is 3. The third kappa shape index (κ3) is 6.58. The van der Waals surface area contributed by atoms with E-state index in [2.05, 4.69) is 10.3 Å². The summed E-state index contributed by atoms with van der Waals surface area (Å²) in [6.45, 7) is 0. The van der Waals surface area contributed by atoms with E-state index < -0.39 is 47.6 Å². The molecule has 12 heteroatoms. The van der Waals surface area contributed by atoms with Gasteiger partial charge in [0.25, 0.3) is 5.91 Å². The van der Waals surface area contributed by atoms with Crippen LogP contribution in [0.25, 0.3) is 0 Å². The zero-order valence-electron chi connectivity index (χ0n) is 24.8. The molecule has 2 aromatic carbocycles. The Morgan fingerprint density at radius 3 is 2.50 bits per heavy atom. The van der Waals surface area contributed by atoms with Crippen LogP contribution in [0.5, 0.6) is 0 Å². The van der Waals surface area contributed by atoms with Crippen molar-refractivity contribution in [2.45, 2.75) is 81.3 Å². The molecule has 2 atom stereocenters. The highest BCUT2D eigenvalue weighted by atomic mass is 35.5. The quantitative estimate of drug-likeness (QED) is 0.297. The molecule has 2 heterocycles. The van der Waals surface area contributed by atoms with Crippen LogP contribution in [0.3, 0.4) is 0 Å². The number of benzene rings is 2. The summed E-state index contributed by atoms with van der Waals surface area (Å²) in [5.74, 6) is -4.98. The van der Waals surface area contributed by atoms with Crippen LogP contribution < -0.4 is 15.1 Å². The summed E-state index contributed by atoms with van der Waals surface area (Å²) < 4.78 is 43.2. The number of nitriles is 1. The first-order chi connectivity index (χ1) is 22.0. The Labute approximate surface area is 269 Å². The maximum absolute atomic E-state index is 15.3. The molecule has 3 aliphatic rings. The number of alkyl halides is 2. The van der Waals surface area contributed by atoms with Gasteiger partial charge in [0.05, 0.1) is 11.6 Å². The van der Waals surface area contributed by atoms with Gasteiger partial charge in [-0.3, -0.25) is 24.2 Å². The monoisotopic (exact) mass is 649 g/mol. The average molecular weight is 650 g/mol. The molecule has 3 fully saturated rings. The molecule has 0 unspecified atom stereocenters. The van der Waals surface area contributed by atoms with Crippen LogP contribution in [-0.4, -0.2) is 40.7 Å². The average Bonchev–Trinajstić information content (AvgIpc) is 3.82. The van der Waals surface area contributed by atoms with E-state index in [0.29, 0.717) is 5.56 Å². The SMILES string of the molecule is N#Cc1ccnc(N2C(=O)CC[C@H]2C(=O)N(c2cc(F)cc(C3CC3)c2)[C@H](C(=O)NC2CCC(F)(F)CC2)c2ccccc2Cl)c1. The van der Waals surface area contributed by atoms with E-state index in [-0.39, 0.29) is 72.1 Å². The zero-order valence-corrected chi connectivity index (χ0v) is 25.5. The lowest BCUT2D eigenvalue weighted by atomic mass is 9.91. The summed E-state index contributed by atoms with van der Waals surface area (Å²) in [6.07, 6.45) is 2.44. The molecular formula is C34H31ClF3N5O3. The number of carbonyl (C=O) groups excluding carboxylic acids is 3. The predicted octanol–water partition coefficient (Wildman–Crippen LogP) is 6.59. The van der Waals surface area contributed by atoms with E-state index >= 15 is 4.39 Å². The molecule has 238 valence electrons. The van der Waals surface area contributed by atoms with Crippen LogP contribution >= 0.6 is 11.6 Å². The molecule has 2 aliphatic carbocycles. The molecule has 3 amide bonds. The van der Waals surface area contributed by atoms with Crippen LogP contribution in [0.2, 0.25) is 5.02 Å². The van der Waals surface area contributed by atoms with Crippen LogP contribution in [0.15, 0.2) is 60.8 Å². The molecule has 1 N–H and O–H groups in total. The van der Waals surface area contributed by atoms with E-state index in [1.54, 1.807) is 30.3 Å². The van der Waals surface area contributed by atoms with E-state index in [1.807, 2.05) is 6.07 Å². The van der Waals surface area contributed by atoms with Gasteiger partial charge in [0.1, 0.15) is 23.7 Å². The first kappa shape index (κ1) is 31.5. The van der Waals surface area contributed by atoms with Gasteiger partial charge < -0.3 is 5.32 Å². The molecule has 3 aromatic rings. The topological polar surface area (TPSA) is 106 Å². The molecule has 0 bridgehead atoms. The number of pyridine rings is 1. The van der Waals surface area contributed by atoms with Gasteiger partial charge in [0.2, 0.25) is 17.7 Å².